The second kappa shape index (κ2) is 4.93. The van der Waals surface area contributed by atoms with E-state index in [-0.39, 0.29) is 5.39 Å². The Morgan fingerprint density at radius 2 is 2.11 bits per heavy atom. The van der Waals surface area contributed by atoms with Crippen LogP contribution in [0.3, 0.4) is 0 Å². The molecule has 1 heterocycles. The molecule has 0 aliphatic carbocycles. The smallest absolute Gasteiger partial charge is 0.382 e. The molecule has 102 valence electrons. The van der Waals surface area contributed by atoms with E-state index in [1.807, 2.05) is 0 Å². The van der Waals surface area contributed by atoms with E-state index in [0.29, 0.717) is 9.99 Å². The third-order valence-electron chi connectivity index (χ3n) is 2.55. The van der Waals surface area contributed by atoms with Gasteiger partial charge in [0.25, 0.3) is 5.56 Å². The van der Waals surface area contributed by atoms with E-state index in [4.69, 9.17) is 5.11 Å². The predicted molar refractivity (Wildman–Crippen MR) is 65.8 cm³/mol. The number of fused-ring (bicyclic) bond motifs is 1. The molecule has 0 fully saturated rings. The lowest BCUT2D eigenvalue weighted by molar-refractivity contribution is -0.207. The van der Waals surface area contributed by atoms with Gasteiger partial charge in [0, 0.05) is 4.47 Å². The number of hydrogen-bond donors (Lipinski definition) is 1. The Morgan fingerprint density at radius 1 is 1.42 bits per heavy atom. The number of aliphatic hydroxyl groups is 1. The van der Waals surface area contributed by atoms with E-state index in [2.05, 4.69) is 20.9 Å². The van der Waals surface area contributed by atoms with Gasteiger partial charge in [0.2, 0.25) is 0 Å². The lowest BCUT2D eigenvalue weighted by atomic mass is 10.2. The van der Waals surface area contributed by atoms with Gasteiger partial charge >= 0.3 is 6.18 Å². The summed E-state index contributed by atoms with van der Waals surface area (Å²) in [6.07, 6.45) is -6.38. The Morgan fingerprint density at radius 3 is 2.74 bits per heavy atom. The van der Waals surface area contributed by atoms with Crippen molar-refractivity contribution in [3.8, 4) is 0 Å². The van der Waals surface area contributed by atoms with Crippen molar-refractivity contribution < 1.29 is 18.3 Å². The normalized spacial score (nSPS) is 13.7. The average Bonchev–Trinajstić information content (AvgIpc) is 2.32. The van der Waals surface area contributed by atoms with Gasteiger partial charge in [-0.1, -0.05) is 6.07 Å². The fourth-order valence-corrected chi connectivity index (χ4v) is 2.04. The molecule has 2 rings (SSSR count). The first-order valence-corrected chi connectivity index (χ1v) is 5.98. The molecule has 4 nitrogen and oxygen atoms in total. The largest absolute Gasteiger partial charge is 0.416 e. The van der Waals surface area contributed by atoms with Crippen LogP contribution in [0.25, 0.3) is 10.9 Å². The zero-order valence-electron chi connectivity index (χ0n) is 9.36. The zero-order valence-corrected chi connectivity index (χ0v) is 10.9. The van der Waals surface area contributed by atoms with Crippen LogP contribution >= 0.6 is 15.9 Å². The summed E-state index contributed by atoms with van der Waals surface area (Å²) in [4.78, 5) is 15.9. The maximum absolute atomic E-state index is 12.3. The van der Waals surface area contributed by atoms with Gasteiger partial charge in [0.1, 0.15) is 0 Å². The van der Waals surface area contributed by atoms with Gasteiger partial charge in [-0.15, -0.1) is 0 Å². The molecule has 19 heavy (non-hydrogen) atoms. The van der Waals surface area contributed by atoms with Gasteiger partial charge in [-0.3, -0.25) is 9.36 Å². The van der Waals surface area contributed by atoms with Crippen LogP contribution in [0.2, 0.25) is 0 Å². The van der Waals surface area contributed by atoms with Crippen molar-refractivity contribution in [3.05, 3.63) is 39.4 Å². The number of halogens is 4. The fraction of sp³-hybridized carbons (Fsp3) is 0.273. The fourth-order valence-electron chi connectivity index (χ4n) is 1.57. The van der Waals surface area contributed by atoms with Crippen LogP contribution in [0, 0.1) is 0 Å². The van der Waals surface area contributed by atoms with Crippen LogP contribution in [-0.4, -0.2) is 26.9 Å². The van der Waals surface area contributed by atoms with Gasteiger partial charge in [-0.25, -0.2) is 4.98 Å². The summed E-state index contributed by atoms with van der Waals surface area (Å²) >= 11 is 3.20. The van der Waals surface area contributed by atoms with Crippen molar-refractivity contribution in [2.24, 2.45) is 0 Å². The van der Waals surface area contributed by atoms with Crippen LogP contribution in [0.1, 0.15) is 0 Å². The van der Waals surface area contributed by atoms with Gasteiger partial charge in [-0.05, 0) is 28.1 Å². The molecule has 1 aromatic carbocycles. The van der Waals surface area contributed by atoms with Crippen LogP contribution in [-0.2, 0) is 6.54 Å². The molecule has 0 aliphatic rings. The summed E-state index contributed by atoms with van der Waals surface area (Å²) in [5.74, 6) is 0. The van der Waals surface area contributed by atoms with E-state index in [1.54, 1.807) is 12.1 Å². The minimum Gasteiger partial charge on any atom is -0.382 e. The summed E-state index contributed by atoms with van der Waals surface area (Å²) in [7, 11) is 0. The van der Waals surface area contributed by atoms with E-state index >= 15 is 0 Å². The molecule has 0 saturated heterocycles. The van der Waals surface area contributed by atoms with Gasteiger partial charge in [0.15, 0.2) is 6.10 Å². The Hall–Kier alpha value is -1.41. The van der Waals surface area contributed by atoms with Gasteiger partial charge in [-0.2, -0.15) is 13.2 Å². The summed E-state index contributed by atoms with van der Waals surface area (Å²) in [6, 6.07) is 4.72. The Balaban J connectivity index is 2.47. The molecule has 0 bridgehead atoms. The molecule has 2 aromatic rings. The minimum atomic E-state index is -4.77. The molecule has 1 N–H and O–H groups in total. The van der Waals surface area contributed by atoms with Crippen LogP contribution in [0.5, 0.6) is 0 Å². The first-order chi connectivity index (χ1) is 8.80. The molecule has 0 saturated carbocycles. The first kappa shape index (κ1) is 14.0. The molecular formula is C11H8BrF3N2O2. The van der Waals surface area contributed by atoms with E-state index < -0.39 is 24.4 Å². The number of para-hydroxylation sites is 1. The maximum atomic E-state index is 12.3. The first-order valence-electron chi connectivity index (χ1n) is 5.19. The average molecular weight is 337 g/mol. The third kappa shape index (κ3) is 2.79. The quantitative estimate of drug-likeness (QED) is 0.913. The van der Waals surface area contributed by atoms with Crippen LogP contribution in [0.4, 0.5) is 13.2 Å². The highest BCUT2D eigenvalue weighted by molar-refractivity contribution is 9.10. The number of aliphatic hydroxyl groups excluding tert-OH is 1. The highest BCUT2D eigenvalue weighted by Crippen LogP contribution is 2.22. The molecule has 1 unspecified atom stereocenters. The number of alkyl halides is 3. The third-order valence-corrected chi connectivity index (χ3v) is 3.19. The molecule has 1 aromatic heterocycles. The number of hydrogen-bond acceptors (Lipinski definition) is 3. The Kier molecular flexibility index (Phi) is 3.64. The van der Waals surface area contributed by atoms with Crippen molar-refractivity contribution in [1.29, 1.82) is 0 Å². The van der Waals surface area contributed by atoms with Crippen molar-refractivity contribution in [3.63, 3.8) is 0 Å². The SMILES string of the molecule is O=c1c2cccc(Br)c2ncn1CC(O)C(F)(F)F. The monoisotopic (exact) mass is 336 g/mol. The van der Waals surface area contributed by atoms with E-state index in [0.717, 1.165) is 10.9 Å². The number of aromatic nitrogens is 2. The minimum absolute atomic E-state index is 0.186. The molecular weight excluding hydrogens is 329 g/mol. The predicted octanol–water partition coefficient (Wildman–Crippen LogP) is 2.08. The van der Waals surface area contributed by atoms with Crippen LogP contribution in [0.15, 0.2) is 33.8 Å². The lowest BCUT2D eigenvalue weighted by Gasteiger charge is -2.15. The van der Waals surface area contributed by atoms with Gasteiger partial charge in [0.05, 0.1) is 23.8 Å². The van der Waals surface area contributed by atoms with Crippen molar-refractivity contribution in [1.82, 2.24) is 9.55 Å². The summed E-state index contributed by atoms with van der Waals surface area (Å²) in [5.41, 5.74) is -0.264. The van der Waals surface area contributed by atoms with Crippen LogP contribution < -0.4 is 5.56 Å². The van der Waals surface area contributed by atoms with E-state index in [9.17, 15) is 18.0 Å². The molecule has 8 heteroatoms. The van der Waals surface area contributed by atoms with Crippen molar-refractivity contribution in [2.45, 2.75) is 18.8 Å². The summed E-state index contributed by atoms with van der Waals surface area (Å²) < 4.78 is 38.1. The molecule has 1 atom stereocenters. The lowest BCUT2D eigenvalue weighted by Crippen LogP contribution is -2.36. The van der Waals surface area contributed by atoms with E-state index in [1.165, 1.54) is 6.07 Å². The molecule has 0 aliphatic heterocycles. The highest BCUT2D eigenvalue weighted by Gasteiger charge is 2.38. The topological polar surface area (TPSA) is 55.1 Å². The summed E-state index contributed by atoms with van der Waals surface area (Å²) in [5, 5.41) is 9.15. The van der Waals surface area contributed by atoms with Crippen molar-refractivity contribution >= 4 is 26.8 Å². The molecule has 0 amide bonds. The maximum Gasteiger partial charge on any atom is 0.416 e. The Labute approximate surface area is 113 Å². The highest BCUT2D eigenvalue weighted by atomic mass is 79.9. The molecule has 0 radical (unpaired) electrons. The number of benzene rings is 1. The van der Waals surface area contributed by atoms with Crippen molar-refractivity contribution in [2.75, 3.05) is 0 Å². The Bertz CT molecular complexity index is 669. The van der Waals surface area contributed by atoms with Gasteiger partial charge < -0.3 is 5.11 Å². The zero-order chi connectivity index (χ0) is 14.2. The number of rotatable bonds is 2. The second-order valence-corrected chi connectivity index (χ2v) is 4.75. The summed E-state index contributed by atoms with van der Waals surface area (Å²) in [6.45, 7) is -0.877. The standard InChI is InChI=1S/C11H8BrF3N2O2/c12-7-3-1-2-6-9(7)16-5-17(10(6)19)4-8(18)11(13,14)15/h1-3,5,8,18H,4H2. The number of nitrogens with zero attached hydrogens (tertiary/aromatic N) is 2. The molecule has 0 spiro atoms. The second-order valence-electron chi connectivity index (χ2n) is 3.90.